The molecule has 2 N–H and O–H groups in total. The van der Waals surface area contributed by atoms with Crippen LogP contribution in [0, 0.1) is 5.82 Å². The maximum absolute atomic E-state index is 12.9. The molecule has 0 aliphatic rings. The molecule has 1 heterocycles. The highest BCUT2D eigenvalue weighted by molar-refractivity contribution is 7.89. The molecule has 0 spiro atoms. The summed E-state index contributed by atoms with van der Waals surface area (Å²) >= 11 is 6.98. The van der Waals surface area contributed by atoms with E-state index >= 15 is 0 Å². The zero-order valence-electron chi connectivity index (χ0n) is 13.5. The molecular formula is C16H14ClFN4O2S2. The van der Waals surface area contributed by atoms with E-state index in [1.165, 1.54) is 47.7 Å². The molecule has 0 amide bonds. The summed E-state index contributed by atoms with van der Waals surface area (Å²) in [6.45, 7) is 1.68. The van der Waals surface area contributed by atoms with Gasteiger partial charge in [-0.3, -0.25) is 0 Å². The molecule has 26 heavy (non-hydrogen) atoms. The summed E-state index contributed by atoms with van der Waals surface area (Å²) in [6, 6.07) is 11.1. The van der Waals surface area contributed by atoms with Crippen LogP contribution < -0.4 is 10.0 Å². The lowest BCUT2D eigenvalue weighted by Gasteiger charge is -2.11. The van der Waals surface area contributed by atoms with Crippen molar-refractivity contribution in [3.05, 3.63) is 64.4 Å². The number of halogens is 2. The molecule has 0 bridgehead atoms. The predicted molar refractivity (Wildman–Crippen MR) is 99.8 cm³/mol. The fourth-order valence-electron chi connectivity index (χ4n) is 2.08. The zero-order chi connectivity index (χ0) is 18.7. The van der Waals surface area contributed by atoms with E-state index in [4.69, 9.17) is 11.6 Å². The number of rotatable bonds is 6. The topological polar surface area (TPSA) is 84.0 Å². The Hall–Kier alpha value is -2.07. The van der Waals surface area contributed by atoms with Crippen molar-refractivity contribution in [2.24, 2.45) is 0 Å². The standard InChI is InChI=1S/C16H14ClFN4O2S2/c1-10(22-26(23,24)14-8-2-11(17)3-9-14)15-20-21-16(25-15)19-13-6-4-12(18)5-7-13/h2-10,22H,1H3,(H,19,21). The Balaban J connectivity index is 1.70. The summed E-state index contributed by atoms with van der Waals surface area (Å²) in [5.41, 5.74) is 0.656. The summed E-state index contributed by atoms with van der Waals surface area (Å²) in [5, 5.41) is 12.4. The Labute approximate surface area is 159 Å². The van der Waals surface area contributed by atoms with Gasteiger partial charge in [-0.15, -0.1) is 10.2 Å². The van der Waals surface area contributed by atoms with E-state index < -0.39 is 16.1 Å². The summed E-state index contributed by atoms with van der Waals surface area (Å²) in [7, 11) is -3.71. The average molecular weight is 413 g/mol. The van der Waals surface area contributed by atoms with Crippen molar-refractivity contribution in [2.75, 3.05) is 5.32 Å². The van der Waals surface area contributed by atoms with E-state index in [1.807, 2.05) is 0 Å². The molecule has 0 aliphatic heterocycles. The third kappa shape index (κ3) is 4.55. The van der Waals surface area contributed by atoms with Crippen molar-refractivity contribution in [3.8, 4) is 0 Å². The minimum absolute atomic E-state index is 0.114. The van der Waals surface area contributed by atoms with Crippen LogP contribution in [0.1, 0.15) is 18.0 Å². The van der Waals surface area contributed by atoms with Crippen LogP contribution in [-0.4, -0.2) is 18.6 Å². The third-order valence-corrected chi connectivity index (χ3v) is 6.19. The van der Waals surface area contributed by atoms with Gasteiger partial charge in [0.1, 0.15) is 10.8 Å². The Morgan fingerprint density at radius 1 is 1.08 bits per heavy atom. The van der Waals surface area contributed by atoms with E-state index in [0.29, 0.717) is 20.8 Å². The monoisotopic (exact) mass is 412 g/mol. The van der Waals surface area contributed by atoms with Gasteiger partial charge in [0.25, 0.3) is 0 Å². The predicted octanol–water partition coefficient (Wildman–Crippen LogP) is 4.11. The molecule has 0 radical (unpaired) electrons. The molecular weight excluding hydrogens is 399 g/mol. The van der Waals surface area contributed by atoms with Crippen molar-refractivity contribution >= 4 is 43.8 Å². The number of sulfonamides is 1. The number of hydrogen-bond acceptors (Lipinski definition) is 6. The quantitative estimate of drug-likeness (QED) is 0.636. The molecule has 0 fully saturated rings. The molecule has 2 aromatic carbocycles. The van der Waals surface area contributed by atoms with E-state index in [2.05, 4.69) is 20.2 Å². The Kier molecular flexibility index (Phi) is 5.52. The van der Waals surface area contributed by atoms with Gasteiger partial charge in [-0.25, -0.2) is 17.5 Å². The van der Waals surface area contributed by atoms with Crippen LogP contribution in [0.2, 0.25) is 5.02 Å². The van der Waals surface area contributed by atoms with Crippen LogP contribution in [0.25, 0.3) is 0 Å². The molecule has 1 aromatic heterocycles. The first-order valence-electron chi connectivity index (χ1n) is 7.47. The molecule has 3 aromatic rings. The first kappa shape index (κ1) is 18.7. The van der Waals surface area contributed by atoms with Gasteiger partial charge in [-0.2, -0.15) is 0 Å². The number of benzene rings is 2. The van der Waals surface area contributed by atoms with Crippen molar-refractivity contribution in [3.63, 3.8) is 0 Å². The maximum Gasteiger partial charge on any atom is 0.241 e. The summed E-state index contributed by atoms with van der Waals surface area (Å²) < 4.78 is 40.3. The van der Waals surface area contributed by atoms with Gasteiger partial charge < -0.3 is 5.32 Å². The fraction of sp³-hybridized carbons (Fsp3) is 0.125. The van der Waals surface area contributed by atoms with Crippen molar-refractivity contribution in [1.29, 1.82) is 0 Å². The lowest BCUT2D eigenvalue weighted by atomic mass is 10.3. The molecule has 3 rings (SSSR count). The largest absolute Gasteiger partial charge is 0.330 e. The number of nitrogens with zero attached hydrogens (tertiary/aromatic N) is 2. The van der Waals surface area contributed by atoms with Crippen LogP contribution in [0.4, 0.5) is 15.2 Å². The molecule has 6 nitrogen and oxygen atoms in total. The van der Waals surface area contributed by atoms with Gasteiger partial charge in [-0.05, 0) is 55.5 Å². The Morgan fingerprint density at radius 3 is 2.38 bits per heavy atom. The van der Waals surface area contributed by atoms with Crippen LogP contribution >= 0.6 is 22.9 Å². The number of aromatic nitrogens is 2. The first-order valence-corrected chi connectivity index (χ1v) is 10.2. The molecule has 136 valence electrons. The van der Waals surface area contributed by atoms with Gasteiger partial charge >= 0.3 is 0 Å². The molecule has 0 saturated carbocycles. The number of anilines is 2. The highest BCUT2D eigenvalue weighted by Gasteiger charge is 2.21. The molecule has 0 saturated heterocycles. The van der Waals surface area contributed by atoms with E-state index in [-0.39, 0.29) is 10.7 Å². The lowest BCUT2D eigenvalue weighted by Crippen LogP contribution is -2.26. The smallest absolute Gasteiger partial charge is 0.241 e. The van der Waals surface area contributed by atoms with Gasteiger partial charge in [0.15, 0.2) is 0 Å². The highest BCUT2D eigenvalue weighted by atomic mass is 35.5. The maximum atomic E-state index is 12.9. The number of hydrogen-bond donors (Lipinski definition) is 2. The van der Waals surface area contributed by atoms with Crippen LogP contribution in [0.5, 0.6) is 0 Å². The highest BCUT2D eigenvalue weighted by Crippen LogP contribution is 2.26. The van der Waals surface area contributed by atoms with Crippen LogP contribution in [0.15, 0.2) is 53.4 Å². The lowest BCUT2D eigenvalue weighted by molar-refractivity contribution is 0.565. The normalized spacial score (nSPS) is 12.7. The second-order valence-electron chi connectivity index (χ2n) is 5.37. The SMILES string of the molecule is CC(NS(=O)(=O)c1ccc(Cl)cc1)c1nnc(Nc2ccc(F)cc2)s1. The fourth-order valence-corrected chi connectivity index (χ4v) is 4.26. The first-order chi connectivity index (χ1) is 12.3. The number of nitrogens with one attached hydrogen (secondary N) is 2. The van der Waals surface area contributed by atoms with E-state index in [0.717, 1.165) is 0 Å². The minimum atomic E-state index is -3.71. The van der Waals surface area contributed by atoms with Gasteiger partial charge in [0.2, 0.25) is 15.2 Å². The molecule has 1 atom stereocenters. The van der Waals surface area contributed by atoms with Crippen molar-refractivity contribution in [1.82, 2.24) is 14.9 Å². The summed E-state index contributed by atoms with van der Waals surface area (Å²) in [6.07, 6.45) is 0. The van der Waals surface area contributed by atoms with Crippen molar-refractivity contribution in [2.45, 2.75) is 17.9 Å². The second kappa shape index (κ2) is 7.67. The Morgan fingerprint density at radius 2 is 1.73 bits per heavy atom. The molecule has 1 unspecified atom stereocenters. The summed E-state index contributed by atoms with van der Waals surface area (Å²) in [4.78, 5) is 0.114. The minimum Gasteiger partial charge on any atom is -0.330 e. The van der Waals surface area contributed by atoms with Crippen molar-refractivity contribution < 1.29 is 12.8 Å². The molecule has 0 aliphatic carbocycles. The van der Waals surface area contributed by atoms with E-state index in [9.17, 15) is 12.8 Å². The zero-order valence-corrected chi connectivity index (χ0v) is 15.9. The summed E-state index contributed by atoms with van der Waals surface area (Å²) in [5.74, 6) is -0.335. The average Bonchev–Trinajstić information content (AvgIpc) is 3.06. The van der Waals surface area contributed by atoms with E-state index in [1.54, 1.807) is 19.1 Å². The Bertz CT molecular complexity index is 992. The van der Waals surface area contributed by atoms with Gasteiger partial charge in [0, 0.05) is 10.7 Å². The van der Waals surface area contributed by atoms with Crippen LogP contribution in [-0.2, 0) is 10.0 Å². The van der Waals surface area contributed by atoms with Gasteiger partial charge in [0.05, 0.1) is 10.9 Å². The second-order valence-corrected chi connectivity index (χ2v) is 8.53. The van der Waals surface area contributed by atoms with Gasteiger partial charge in [-0.1, -0.05) is 22.9 Å². The molecule has 10 heteroatoms. The van der Waals surface area contributed by atoms with Crippen LogP contribution in [0.3, 0.4) is 0 Å². The third-order valence-electron chi connectivity index (χ3n) is 3.36.